The van der Waals surface area contributed by atoms with E-state index in [1.807, 2.05) is 11.0 Å². The first-order valence-electron chi connectivity index (χ1n) is 17.1. The molecule has 9 rings (SSSR count). The second-order valence-corrected chi connectivity index (χ2v) is 15.7. The predicted molar refractivity (Wildman–Crippen MR) is 189 cm³/mol. The van der Waals surface area contributed by atoms with Gasteiger partial charge in [-0.2, -0.15) is 19.9 Å². The molecule has 0 bridgehead atoms. The van der Waals surface area contributed by atoms with Gasteiger partial charge < -0.3 is 20.3 Å². The maximum Gasteiger partial charge on any atom is 0.346 e. The number of anilines is 2. The highest BCUT2D eigenvalue weighted by molar-refractivity contribution is 7.23. The van der Waals surface area contributed by atoms with Gasteiger partial charge in [-0.3, -0.25) is 4.90 Å². The highest BCUT2D eigenvalue weighted by Gasteiger charge is 2.53. The van der Waals surface area contributed by atoms with Crippen molar-refractivity contribution in [1.29, 1.82) is 5.26 Å². The molecule has 0 saturated carbocycles. The van der Waals surface area contributed by atoms with Crippen molar-refractivity contribution in [2.24, 2.45) is 0 Å². The summed E-state index contributed by atoms with van der Waals surface area (Å²) in [6.07, 6.45) is 3.82. The average Bonchev–Trinajstić information content (AvgIpc) is 3.93. The van der Waals surface area contributed by atoms with Crippen LogP contribution in [0, 0.1) is 29.9 Å². The Kier molecular flexibility index (Phi) is 7.59. The number of amides is 1. The number of hydrogen-bond acceptors (Lipinski definition) is 11. The Morgan fingerprint density at radius 3 is 2.79 bits per heavy atom. The van der Waals surface area contributed by atoms with Crippen molar-refractivity contribution >= 4 is 60.8 Å². The van der Waals surface area contributed by atoms with E-state index in [-0.39, 0.29) is 61.0 Å². The molecule has 2 aromatic carbocycles. The van der Waals surface area contributed by atoms with E-state index in [1.165, 1.54) is 23.1 Å². The van der Waals surface area contributed by atoms with Gasteiger partial charge in [-0.05, 0) is 56.8 Å². The van der Waals surface area contributed by atoms with Gasteiger partial charge in [-0.15, -0.1) is 16.4 Å². The van der Waals surface area contributed by atoms with Gasteiger partial charge in [0, 0.05) is 48.9 Å². The van der Waals surface area contributed by atoms with Crippen LogP contribution in [-0.2, 0) is 0 Å². The van der Waals surface area contributed by atoms with Gasteiger partial charge in [0.05, 0.1) is 26.4 Å². The van der Waals surface area contributed by atoms with E-state index in [1.54, 1.807) is 17.9 Å². The smallest absolute Gasteiger partial charge is 0.346 e. The van der Waals surface area contributed by atoms with Crippen LogP contribution in [0.5, 0.6) is 6.01 Å². The quantitative estimate of drug-likeness (QED) is 0.225. The fraction of sp³-hybridized carbons (Fsp3) is 0.429. The minimum absolute atomic E-state index is 0.00132. The number of nitrogens with two attached hydrogens (primary N) is 1. The number of carbonyl (C=O) groups excluding carboxylic acids is 1. The third kappa shape index (κ3) is 4.92. The Labute approximate surface area is 304 Å². The van der Waals surface area contributed by atoms with Gasteiger partial charge in [0.25, 0.3) is 0 Å². The Morgan fingerprint density at radius 2 is 2.04 bits per heavy atom. The molecule has 52 heavy (non-hydrogen) atoms. The van der Waals surface area contributed by atoms with Crippen LogP contribution >= 0.6 is 22.9 Å². The molecular formula is C35H32ClF3N10O2S. The van der Waals surface area contributed by atoms with Gasteiger partial charge in [0.2, 0.25) is 0 Å². The normalized spacial score (nSPS) is 24.3. The van der Waals surface area contributed by atoms with Gasteiger partial charge >= 0.3 is 12.0 Å². The van der Waals surface area contributed by atoms with Crippen molar-refractivity contribution in [3.8, 4) is 23.2 Å². The fourth-order valence-electron chi connectivity index (χ4n) is 8.73. The number of aryl methyl sites for hydroxylation is 1. The zero-order valence-electron chi connectivity index (χ0n) is 28.0. The number of hydrogen-bond donors (Lipinski definition) is 1. The molecule has 268 valence electrons. The molecule has 12 nitrogen and oxygen atoms in total. The number of aromatic nitrogens is 5. The highest BCUT2D eigenvalue weighted by Crippen LogP contribution is 2.48. The molecule has 0 unspecified atom stereocenters. The molecule has 1 spiro atoms. The molecule has 4 fully saturated rings. The number of nitriles is 1. The monoisotopic (exact) mass is 748 g/mol. The van der Waals surface area contributed by atoms with E-state index < -0.39 is 28.9 Å². The number of nitrogen functional groups attached to an aromatic ring is 1. The fourth-order valence-corrected chi connectivity index (χ4v) is 9.97. The number of benzene rings is 2. The number of alkyl halides is 1. The van der Waals surface area contributed by atoms with Crippen LogP contribution in [0.3, 0.4) is 0 Å². The van der Waals surface area contributed by atoms with Crippen LogP contribution in [0.4, 0.5) is 28.8 Å². The summed E-state index contributed by atoms with van der Waals surface area (Å²) in [7, 11) is 0. The lowest BCUT2D eigenvalue weighted by Gasteiger charge is -2.50. The summed E-state index contributed by atoms with van der Waals surface area (Å²) in [6.45, 7) is 4.39. The molecule has 3 aromatic heterocycles. The van der Waals surface area contributed by atoms with Crippen LogP contribution < -0.4 is 15.4 Å². The highest BCUT2D eigenvalue weighted by atomic mass is 35.5. The molecular weight excluding hydrogens is 717 g/mol. The lowest BCUT2D eigenvalue weighted by Crippen LogP contribution is -2.64. The molecule has 4 aliphatic heterocycles. The van der Waals surface area contributed by atoms with E-state index in [0.29, 0.717) is 56.0 Å². The topological polar surface area (TPSA) is 142 Å². The summed E-state index contributed by atoms with van der Waals surface area (Å²) < 4.78 is 54.3. The zero-order chi connectivity index (χ0) is 36.1. The lowest BCUT2D eigenvalue weighted by atomic mass is 9.84. The first kappa shape index (κ1) is 33.1. The largest absolute Gasteiger partial charge is 0.461 e. The van der Waals surface area contributed by atoms with E-state index in [9.17, 15) is 18.8 Å². The number of fused-ring (bicyclic) bond motifs is 3. The number of nitrogens with zero attached hydrogens (tertiary/aromatic N) is 9. The molecule has 2 N–H and O–H groups in total. The van der Waals surface area contributed by atoms with Crippen LogP contribution in [0.1, 0.15) is 43.5 Å². The van der Waals surface area contributed by atoms with Crippen molar-refractivity contribution in [1.82, 2.24) is 34.5 Å². The van der Waals surface area contributed by atoms with E-state index in [0.717, 1.165) is 37.1 Å². The summed E-state index contributed by atoms with van der Waals surface area (Å²) in [5.41, 5.74) is 5.14. The zero-order valence-corrected chi connectivity index (χ0v) is 29.6. The minimum Gasteiger partial charge on any atom is -0.461 e. The predicted octanol–water partition coefficient (Wildman–Crippen LogP) is 6.08. The van der Waals surface area contributed by atoms with Crippen molar-refractivity contribution in [2.75, 3.05) is 50.0 Å². The minimum atomic E-state index is -0.966. The number of carbonyl (C=O) groups is 1. The lowest BCUT2D eigenvalue weighted by molar-refractivity contribution is 0.0399. The number of thiophene rings is 1. The van der Waals surface area contributed by atoms with Crippen LogP contribution in [0.15, 0.2) is 24.5 Å². The molecule has 0 radical (unpaired) electrons. The Morgan fingerprint density at radius 1 is 1.21 bits per heavy atom. The molecule has 17 heteroatoms. The van der Waals surface area contributed by atoms with Crippen LogP contribution in [0.2, 0.25) is 5.02 Å². The number of halogens is 4. The maximum absolute atomic E-state index is 17.1. The molecule has 7 heterocycles. The SMILES string of the molecule is Cc1ncn(C(=O)N2CC[C@]23CCN(c2nc(OC[C@@]45CCCN4C[C@H](F)C5)nc4c(F)c(-c5ccc(F)c6sc(N)c(C#N)c56)c(Cl)cc24)C3)n1. The van der Waals surface area contributed by atoms with Crippen LogP contribution in [-0.4, -0.2) is 97.1 Å². The standard InChI is InChI=1S/C35H32ClF3N10O2S/c1-18-42-17-49(45-18)33(50)48-10-7-34(48)6-9-46(15-34)31-21-11-23(36)26(20-3-4-24(38)29-25(20)22(13-40)30(41)52-29)27(39)28(21)43-32(44-31)51-16-35-5-2-8-47(35)14-19(37)12-35/h3-4,11,17,19H,2,5-10,12,14-16,41H2,1H3/t19-,34+,35+/m1/s1. The summed E-state index contributed by atoms with van der Waals surface area (Å²) in [5, 5.41) is 14.7. The molecule has 4 aliphatic rings. The summed E-state index contributed by atoms with van der Waals surface area (Å²) in [4.78, 5) is 32.8. The molecule has 3 atom stereocenters. The summed E-state index contributed by atoms with van der Waals surface area (Å²) >= 11 is 7.80. The van der Waals surface area contributed by atoms with Crippen molar-refractivity contribution in [3.63, 3.8) is 0 Å². The maximum atomic E-state index is 17.1. The van der Waals surface area contributed by atoms with E-state index in [2.05, 4.69) is 20.0 Å². The van der Waals surface area contributed by atoms with Crippen molar-refractivity contribution in [2.45, 2.75) is 56.3 Å². The second kappa shape index (κ2) is 11.9. The molecule has 5 aromatic rings. The third-order valence-corrected chi connectivity index (χ3v) is 12.6. The first-order chi connectivity index (χ1) is 25.0. The van der Waals surface area contributed by atoms with E-state index in [4.69, 9.17) is 27.1 Å². The number of ether oxygens (including phenoxy) is 1. The third-order valence-electron chi connectivity index (χ3n) is 11.3. The van der Waals surface area contributed by atoms with Crippen molar-refractivity contribution in [3.05, 3.63) is 52.6 Å². The van der Waals surface area contributed by atoms with Gasteiger partial charge in [0.1, 0.15) is 53.2 Å². The second-order valence-electron chi connectivity index (χ2n) is 14.2. The Bertz CT molecular complexity index is 2360. The average molecular weight is 749 g/mol. The number of rotatable bonds is 5. The van der Waals surface area contributed by atoms with Gasteiger partial charge in [-0.25, -0.2) is 22.9 Å². The molecule has 1 amide bonds. The Hall–Kier alpha value is -4.72. The summed E-state index contributed by atoms with van der Waals surface area (Å²) in [6, 6.07) is 5.81. The Balaban J connectivity index is 1.15. The van der Waals surface area contributed by atoms with E-state index >= 15 is 4.39 Å². The molecule has 0 aliphatic carbocycles. The summed E-state index contributed by atoms with van der Waals surface area (Å²) in [5.74, 6) is -0.541. The molecule has 4 saturated heterocycles. The first-order valence-corrected chi connectivity index (χ1v) is 18.3. The van der Waals surface area contributed by atoms with Crippen molar-refractivity contribution < 1.29 is 22.7 Å². The van der Waals surface area contributed by atoms with Gasteiger partial charge in [0.15, 0.2) is 5.82 Å². The van der Waals surface area contributed by atoms with Crippen LogP contribution in [0.25, 0.3) is 32.1 Å². The number of likely N-dealkylation sites (tertiary alicyclic amines) is 1. The van der Waals surface area contributed by atoms with Gasteiger partial charge in [-0.1, -0.05) is 17.7 Å².